The van der Waals surface area contributed by atoms with E-state index >= 15 is 0 Å². The van der Waals surface area contributed by atoms with Crippen LogP contribution in [0, 0.1) is 17.0 Å². The summed E-state index contributed by atoms with van der Waals surface area (Å²) < 4.78 is 1.65. The van der Waals surface area contributed by atoms with E-state index in [1.165, 1.54) is 12.1 Å². The van der Waals surface area contributed by atoms with Gasteiger partial charge in [-0.2, -0.15) is 5.10 Å². The van der Waals surface area contributed by atoms with Gasteiger partial charge in [-0.05, 0) is 25.1 Å². The number of hydrogen-bond acceptors (Lipinski definition) is 4. The normalized spacial score (nSPS) is 10.8. The van der Waals surface area contributed by atoms with Gasteiger partial charge in [0.1, 0.15) is 5.69 Å². The fraction of sp³-hybridized carbons (Fsp3) is 0.125. The lowest BCUT2D eigenvalue weighted by Crippen LogP contribution is -1.94. The predicted molar refractivity (Wildman–Crippen MR) is 85.4 cm³/mol. The van der Waals surface area contributed by atoms with E-state index in [0.29, 0.717) is 11.1 Å². The third-order valence-electron chi connectivity index (χ3n) is 3.59. The number of nitrogens with zero attached hydrogens (tertiary/aromatic N) is 4. The Kier molecular flexibility index (Phi) is 3.21. The quantitative estimate of drug-likeness (QED) is 0.547. The molecule has 0 fully saturated rings. The fourth-order valence-corrected chi connectivity index (χ4v) is 2.54. The second-order valence-corrected chi connectivity index (χ2v) is 5.05. The lowest BCUT2D eigenvalue weighted by Gasteiger charge is -2.01. The molecule has 3 aromatic rings. The number of pyridine rings is 1. The number of benzene rings is 1. The Hall–Kier alpha value is -3.02. The molecule has 3 rings (SSSR count). The Morgan fingerprint density at radius 2 is 2.14 bits per heavy atom. The summed E-state index contributed by atoms with van der Waals surface area (Å²) in [6.45, 7) is 5.57. The molecule has 0 aliphatic rings. The maximum Gasteiger partial charge on any atom is 0.278 e. The second-order valence-electron chi connectivity index (χ2n) is 5.05. The van der Waals surface area contributed by atoms with E-state index in [-0.39, 0.29) is 5.69 Å². The lowest BCUT2D eigenvalue weighted by molar-refractivity contribution is -0.385. The highest BCUT2D eigenvalue weighted by Crippen LogP contribution is 2.33. The first kappa shape index (κ1) is 13.9. The topological polar surface area (TPSA) is 73.8 Å². The van der Waals surface area contributed by atoms with E-state index in [4.69, 9.17) is 0 Å². The molecule has 0 saturated carbocycles. The van der Waals surface area contributed by atoms with Crippen LogP contribution in [0.2, 0.25) is 0 Å². The maximum absolute atomic E-state index is 11.2. The SMILES string of the molecule is C=Cc1cc2c(-c3ccnc(C)c3)nn(C)c2cc1[N+](=O)[O-]. The molecule has 1 aromatic carbocycles. The largest absolute Gasteiger partial charge is 0.278 e. The summed E-state index contributed by atoms with van der Waals surface area (Å²) >= 11 is 0. The van der Waals surface area contributed by atoms with Crippen molar-refractivity contribution in [3.63, 3.8) is 0 Å². The highest BCUT2D eigenvalue weighted by Gasteiger charge is 2.18. The molecule has 22 heavy (non-hydrogen) atoms. The molecule has 2 heterocycles. The summed E-state index contributed by atoms with van der Waals surface area (Å²) in [5, 5.41) is 16.5. The smallest absolute Gasteiger partial charge is 0.267 e. The molecular weight excluding hydrogens is 280 g/mol. The van der Waals surface area contributed by atoms with Gasteiger partial charge in [0.05, 0.1) is 16.0 Å². The number of fused-ring (bicyclic) bond motifs is 1. The molecule has 0 radical (unpaired) electrons. The average Bonchev–Trinajstić information content (AvgIpc) is 2.82. The molecule has 0 N–H and O–H groups in total. The van der Waals surface area contributed by atoms with Gasteiger partial charge < -0.3 is 0 Å². The van der Waals surface area contributed by atoms with E-state index < -0.39 is 4.92 Å². The van der Waals surface area contributed by atoms with Crippen molar-refractivity contribution in [2.45, 2.75) is 6.92 Å². The van der Waals surface area contributed by atoms with Gasteiger partial charge in [0, 0.05) is 36.0 Å². The van der Waals surface area contributed by atoms with Crippen molar-refractivity contribution in [2.24, 2.45) is 7.05 Å². The number of aromatic nitrogens is 3. The van der Waals surface area contributed by atoms with Crippen LogP contribution in [0.5, 0.6) is 0 Å². The lowest BCUT2D eigenvalue weighted by atomic mass is 10.0. The monoisotopic (exact) mass is 294 g/mol. The molecule has 0 amide bonds. The van der Waals surface area contributed by atoms with Gasteiger partial charge in [-0.15, -0.1) is 0 Å². The fourth-order valence-electron chi connectivity index (χ4n) is 2.54. The van der Waals surface area contributed by atoms with Crippen LogP contribution in [0.1, 0.15) is 11.3 Å². The van der Waals surface area contributed by atoms with Crippen LogP contribution < -0.4 is 0 Å². The third-order valence-corrected chi connectivity index (χ3v) is 3.59. The summed E-state index contributed by atoms with van der Waals surface area (Å²) in [5.74, 6) is 0. The summed E-state index contributed by atoms with van der Waals surface area (Å²) in [4.78, 5) is 15.0. The molecule has 0 unspecified atom stereocenters. The highest BCUT2D eigenvalue weighted by atomic mass is 16.6. The van der Waals surface area contributed by atoms with Gasteiger partial charge in [-0.25, -0.2) is 0 Å². The zero-order valence-electron chi connectivity index (χ0n) is 12.3. The van der Waals surface area contributed by atoms with Crippen molar-refractivity contribution in [2.75, 3.05) is 0 Å². The number of rotatable bonds is 3. The minimum Gasteiger partial charge on any atom is -0.267 e. The van der Waals surface area contributed by atoms with Crippen LogP contribution in [0.4, 0.5) is 5.69 Å². The molecule has 0 bridgehead atoms. The Bertz CT molecular complexity index is 912. The van der Waals surface area contributed by atoms with E-state index in [1.54, 1.807) is 24.0 Å². The molecule has 2 aromatic heterocycles. The van der Waals surface area contributed by atoms with Crippen LogP contribution in [-0.2, 0) is 7.05 Å². The van der Waals surface area contributed by atoms with Crippen molar-refractivity contribution in [1.82, 2.24) is 14.8 Å². The molecule has 6 heteroatoms. The van der Waals surface area contributed by atoms with Gasteiger partial charge in [-0.3, -0.25) is 19.8 Å². The van der Waals surface area contributed by atoms with Crippen LogP contribution >= 0.6 is 0 Å². The number of nitro groups is 1. The summed E-state index contributed by atoms with van der Waals surface area (Å²) in [6, 6.07) is 7.12. The van der Waals surface area contributed by atoms with Crippen LogP contribution in [0.3, 0.4) is 0 Å². The Morgan fingerprint density at radius 1 is 1.36 bits per heavy atom. The molecule has 0 spiro atoms. The van der Waals surface area contributed by atoms with Gasteiger partial charge in [0.15, 0.2) is 0 Å². The zero-order valence-corrected chi connectivity index (χ0v) is 12.3. The van der Waals surface area contributed by atoms with Crippen molar-refractivity contribution in [3.8, 4) is 11.3 Å². The van der Waals surface area contributed by atoms with E-state index in [2.05, 4.69) is 16.7 Å². The Labute approximate surface area is 126 Å². The van der Waals surface area contributed by atoms with Gasteiger partial charge >= 0.3 is 0 Å². The van der Waals surface area contributed by atoms with Crippen LogP contribution in [0.15, 0.2) is 37.0 Å². The van der Waals surface area contributed by atoms with E-state index in [0.717, 1.165) is 22.3 Å². The maximum atomic E-state index is 11.2. The molecule has 110 valence electrons. The molecule has 0 atom stereocenters. The first-order chi connectivity index (χ1) is 10.5. The minimum atomic E-state index is -0.403. The second kappa shape index (κ2) is 5.07. The number of aryl methyl sites for hydroxylation is 2. The zero-order chi connectivity index (χ0) is 15.9. The summed E-state index contributed by atoms with van der Waals surface area (Å²) in [6.07, 6.45) is 3.22. The number of nitro benzene ring substituents is 1. The van der Waals surface area contributed by atoms with Crippen molar-refractivity contribution in [1.29, 1.82) is 0 Å². The predicted octanol–water partition coefficient (Wildman–Crippen LogP) is 3.49. The van der Waals surface area contributed by atoms with Crippen molar-refractivity contribution < 1.29 is 4.92 Å². The average molecular weight is 294 g/mol. The summed E-state index contributed by atoms with van der Waals surface area (Å²) in [5.41, 5.74) is 3.83. The minimum absolute atomic E-state index is 0.0305. The van der Waals surface area contributed by atoms with Crippen molar-refractivity contribution >= 4 is 22.7 Å². The van der Waals surface area contributed by atoms with Gasteiger partial charge in [0.2, 0.25) is 0 Å². The Balaban J connectivity index is 2.34. The van der Waals surface area contributed by atoms with Crippen molar-refractivity contribution in [3.05, 3.63) is 58.4 Å². The molecule has 0 aliphatic carbocycles. The van der Waals surface area contributed by atoms with E-state index in [9.17, 15) is 10.1 Å². The highest BCUT2D eigenvalue weighted by molar-refractivity contribution is 5.96. The molecule has 0 saturated heterocycles. The summed E-state index contributed by atoms with van der Waals surface area (Å²) in [7, 11) is 1.77. The van der Waals surface area contributed by atoms with Gasteiger partial charge in [-0.1, -0.05) is 12.7 Å². The number of hydrogen-bond donors (Lipinski definition) is 0. The van der Waals surface area contributed by atoms with Crippen LogP contribution in [0.25, 0.3) is 28.2 Å². The molecular formula is C16H14N4O2. The van der Waals surface area contributed by atoms with Crippen LogP contribution in [-0.4, -0.2) is 19.7 Å². The standard InChI is InChI=1S/C16H14N4O2/c1-4-11-8-13-15(9-14(11)20(21)22)19(3)18-16(13)12-5-6-17-10(2)7-12/h4-9H,1H2,2-3H3. The first-order valence-corrected chi connectivity index (χ1v) is 6.72. The Morgan fingerprint density at radius 3 is 2.77 bits per heavy atom. The molecule has 0 aliphatic heterocycles. The third kappa shape index (κ3) is 2.14. The first-order valence-electron chi connectivity index (χ1n) is 6.72. The molecule has 6 nitrogen and oxygen atoms in total. The van der Waals surface area contributed by atoms with E-state index in [1.807, 2.05) is 19.1 Å². The van der Waals surface area contributed by atoms with Gasteiger partial charge in [0.25, 0.3) is 5.69 Å².